The highest BCUT2D eigenvalue weighted by Crippen LogP contribution is 2.24. The Kier molecular flexibility index (Phi) is 5.81. The van der Waals surface area contributed by atoms with Crippen molar-refractivity contribution in [2.24, 2.45) is 13.0 Å². The average Bonchev–Trinajstić information content (AvgIpc) is 2.74. The van der Waals surface area contributed by atoms with Gasteiger partial charge in [0.25, 0.3) is 5.56 Å². The van der Waals surface area contributed by atoms with Crippen molar-refractivity contribution >= 4 is 5.91 Å². The number of rotatable bonds is 4. The van der Waals surface area contributed by atoms with Gasteiger partial charge in [0.05, 0.1) is 11.7 Å². The number of likely N-dealkylation sites (tertiary alicyclic amines) is 1. The van der Waals surface area contributed by atoms with Crippen LogP contribution in [0.4, 0.5) is 0 Å². The van der Waals surface area contributed by atoms with Gasteiger partial charge in [-0.25, -0.2) is 4.68 Å². The van der Waals surface area contributed by atoms with Crippen molar-refractivity contribution in [3.8, 4) is 0 Å². The van der Waals surface area contributed by atoms with Crippen LogP contribution in [0, 0.1) is 5.92 Å². The fourth-order valence-electron chi connectivity index (χ4n) is 4.59. The molecule has 0 saturated carbocycles. The third kappa shape index (κ3) is 4.42. The molecule has 1 atom stereocenters. The molecule has 2 aliphatic heterocycles. The summed E-state index contributed by atoms with van der Waals surface area (Å²) in [5.41, 5.74) is 3.11. The van der Waals surface area contributed by atoms with E-state index in [-0.39, 0.29) is 17.5 Å². The van der Waals surface area contributed by atoms with Gasteiger partial charge in [-0.15, -0.1) is 0 Å². The van der Waals surface area contributed by atoms with Gasteiger partial charge in [0.15, 0.2) is 0 Å². The number of fused-ring (bicyclic) bond motifs is 1. The number of aromatic nitrogens is 2. The molecule has 0 aliphatic carbocycles. The molecule has 4 rings (SSSR count). The summed E-state index contributed by atoms with van der Waals surface area (Å²) in [5.74, 6) is 0.859. The number of nitrogens with zero attached hydrogens (tertiary/aromatic N) is 4. The first-order chi connectivity index (χ1) is 14.0. The number of carbonyl (C=O) groups is 1. The molecule has 1 saturated heterocycles. The maximum atomic E-state index is 13.1. The minimum atomic E-state index is -0.119. The first-order valence-electron chi connectivity index (χ1n) is 10.6. The van der Waals surface area contributed by atoms with Gasteiger partial charge in [0.1, 0.15) is 0 Å². The van der Waals surface area contributed by atoms with Crippen LogP contribution in [0.1, 0.15) is 36.6 Å². The predicted octanol–water partition coefficient (Wildman–Crippen LogP) is 2.01. The number of amides is 1. The highest BCUT2D eigenvalue weighted by molar-refractivity contribution is 5.81. The molecule has 29 heavy (non-hydrogen) atoms. The summed E-state index contributed by atoms with van der Waals surface area (Å²) in [4.78, 5) is 29.2. The van der Waals surface area contributed by atoms with Crippen molar-refractivity contribution in [1.82, 2.24) is 19.6 Å². The van der Waals surface area contributed by atoms with E-state index in [9.17, 15) is 9.59 Å². The Bertz CT molecular complexity index is 916. The van der Waals surface area contributed by atoms with E-state index in [0.29, 0.717) is 25.4 Å². The Morgan fingerprint density at radius 3 is 2.62 bits per heavy atom. The van der Waals surface area contributed by atoms with Crippen molar-refractivity contribution in [3.63, 3.8) is 0 Å². The van der Waals surface area contributed by atoms with Crippen LogP contribution in [0.2, 0.25) is 0 Å². The van der Waals surface area contributed by atoms with Crippen LogP contribution in [0.25, 0.3) is 0 Å². The molecular weight excluding hydrogens is 364 g/mol. The molecule has 2 aliphatic rings. The molecule has 0 bridgehead atoms. The lowest BCUT2D eigenvalue weighted by Crippen LogP contribution is -2.51. The SMILES string of the molecule is CC(C(=O)N1CCc2nn(C)c(=O)cc2C1)N1CCC(Cc2ccccc2)CC1. The molecule has 1 aromatic heterocycles. The highest BCUT2D eigenvalue weighted by Gasteiger charge is 2.31. The fourth-order valence-corrected chi connectivity index (χ4v) is 4.59. The van der Waals surface area contributed by atoms with Crippen molar-refractivity contribution in [3.05, 3.63) is 63.6 Å². The quantitative estimate of drug-likeness (QED) is 0.796. The van der Waals surface area contributed by atoms with E-state index in [1.807, 2.05) is 11.8 Å². The number of piperidine rings is 1. The van der Waals surface area contributed by atoms with Crippen LogP contribution in [0.15, 0.2) is 41.2 Å². The maximum absolute atomic E-state index is 13.1. The molecule has 6 heteroatoms. The molecule has 0 radical (unpaired) electrons. The lowest BCUT2D eigenvalue weighted by atomic mass is 9.89. The van der Waals surface area contributed by atoms with Gasteiger partial charge in [0, 0.05) is 38.2 Å². The summed E-state index contributed by atoms with van der Waals surface area (Å²) in [6.45, 7) is 5.13. The van der Waals surface area contributed by atoms with Crippen LogP contribution in [0.3, 0.4) is 0 Å². The monoisotopic (exact) mass is 394 g/mol. The first-order valence-corrected chi connectivity index (χ1v) is 10.6. The van der Waals surface area contributed by atoms with Crippen LogP contribution < -0.4 is 5.56 Å². The van der Waals surface area contributed by atoms with E-state index in [0.717, 1.165) is 43.6 Å². The van der Waals surface area contributed by atoms with Crippen molar-refractivity contribution in [1.29, 1.82) is 0 Å². The number of hydrogen-bond acceptors (Lipinski definition) is 4. The summed E-state index contributed by atoms with van der Waals surface area (Å²) < 4.78 is 1.37. The second-order valence-electron chi connectivity index (χ2n) is 8.43. The Hall–Kier alpha value is -2.47. The van der Waals surface area contributed by atoms with E-state index in [2.05, 4.69) is 40.3 Å². The zero-order chi connectivity index (χ0) is 20.4. The third-order valence-corrected chi connectivity index (χ3v) is 6.47. The van der Waals surface area contributed by atoms with Crippen molar-refractivity contribution < 1.29 is 4.79 Å². The zero-order valence-electron chi connectivity index (χ0n) is 17.4. The van der Waals surface area contributed by atoms with E-state index < -0.39 is 0 Å². The molecule has 2 aromatic rings. The van der Waals surface area contributed by atoms with Crippen LogP contribution in [-0.2, 0) is 31.2 Å². The summed E-state index contributed by atoms with van der Waals surface area (Å²) in [5, 5.41) is 4.34. The number of aryl methyl sites for hydroxylation is 1. The molecule has 0 N–H and O–H groups in total. The Balaban J connectivity index is 1.33. The molecule has 154 valence electrons. The lowest BCUT2D eigenvalue weighted by Gasteiger charge is -2.38. The van der Waals surface area contributed by atoms with E-state index in [4.69, 9.17) is 0 Å². The van der Waals surface area contributed by atoms with Gasteiger partial charge in [0.2, 0.25) is 5.91 Å². The summed E-state index contributed by atoms with van der Waals surface area (Å²) >= 11 is 0. The predicted molar refractivity (Wildman–Crippen MR) is 113 cm³/mol. The summed E-state index contributed by atoms with van der Waals surface area (Å²) in [7, 11) is 1.67. The van der Waals surface area contributed by atoms with Crippen LogP contribution in [0.5, 0.6) is 0 Å². The Morgan fingerprint density at radius 2 is 1.90 bits per heavy atom. The smallest absolute Gasteiger partial charge is 0.266 e. The third-order valence-electron chi connectivity index (χ3n) is 6.47. The maximum Gasteiger partial charge on any atom is 0.266 e. The molecule has 1 aromatic carbocycles. The summed E-state index contributed by atoms with van der Waals surface area (Å²) in [6, 6.07) is 12.2. The molecule has 1 amide bonds. The normalized spacial score (nSPS) is 19.0. The second kappa shape index (κ2) is 8.49. The van der Waals surface area contributed by atoms with Crippen LogP contribution in [-0.4, -0.2) is 51.2 Å². The van der Waals surface area contributed by atoms with Crippen LogP contribution >= 0.6 is 0 Å². The van der Waals surface area contributed by atoms with Crippen molar-refractivity contribution in [2.45, 2.75) is 45.2 Å². The summed E-state index contributed by atoms with van der Waals surface area (Å²) in [6.07, 6.45) is 4.10. The van der Waals surface area contributed by atoms with Gasteiger partial charge >= 0.3 is 0 Å². The highest BCUT2D eigenvalue weighted by atomic mass is 16.2. The standard InChI is InChI=1S/C23H30N4O2/c1-17(26-11-8-19(9-12-26)14-18-6-4-3-5-7-18)23(29)27-13-10-21-20(16-27)15-22(28)25(2)24-21/h3-7,15,17,19H,8-14,16H2,1-2H3. The zero-order valence-corrected chi connectivity index (χ0v) is 17.4. The molecule has 6 nitrogen and oxygen atoms in total. The minimum absolute atomic E-state index is 0.117. The topological polar surface area (TPSA) is 58.4 Å². The number of hydrogen-bond donors (Lipinski definition) is 0. The molecular formula is C23H30N4O2. The van der Waals surface area contributed by atoms with Gasteiger partial charge in [-0.05, 0) is 50.8 Å². The lowest BCUT2D eigenvalue weighted by molar-refractivity contribution is -0.138. The molecule has 0 spiro atoms. The van der Waals surface area contributed by atoms with E-state index >= 15 is 0 Å². The number of benzene rings is 1. The van der Waals surface area contributed by atoms with E-state index in [1.54, 1.807) is 13.1 Å². The molecule has 1 fully saturated rings. The molecule has 1 unspecified atom stereocenters. The van der Waals surface area contributed by atoms with Gasteiger partial charge in [-0.3, -0.25) is 14.5 Å². The largest absolute Gasteiger partial charge is 0.337 e. The molecule has 3 heterocycles. The fraction of sp³-hybridized carbons (Fsp3) is 0.522. The van der Waals surface area contributed by atoms with Gasteiger partial charge in [-0.2, -0.15) is 5.10 Å². The Labute approximate surface area is 172 Å². The Morgan fingerprint density at radius 1 is 1.17 bits per heavy atom. The second-order valence-corrected chi connectivity index (χ2v) is 8.43. The van der Waals surface area contributed by atoms with E-state index in [1.165, 1.54) is 10.2 Å². The van der Waals surface area contributed by atoms with Crippen molar-refractivity contribution in [2.75, 3.05) is 19.6 Å². The van der Waals surface area contributed by atoms with Gasteiger partial charge < -0.3 is 4.90 Å². The van der Waals surface area contributed by atoms with Gasteiger partial charge in [-0.1, -0.05) is 30.3 Å². The minimum Gasteiger partial charge on any atom is -0.337 e. The first kappa shape index (κ1) is 19.8. The number of carbonyl (C=O) groups excluding carboxylic acids is 1. The average molecular weight is 395 g/mol.